The van der Waals surface area contributed by atoms with Crippen LogP contribution in [-0.2, 0) is 4.84 Å². The molecule has 0 saturated carbocycles. The Labute approximate surface area is 113 Å². The molecule has 1 aliphatic heterocycles. The summed E-state index contributed by atoms with van der Waals surface area (Å²) in [6, 6.07) is 20.4. The first-order valence-corrected chi connectivity index (χ1v) is 6.47. The lowest BCUT2D eigenvalue weighted by molar-refractivity contribution is 0.210. The molecule has 0 radical (unpaired) electrons. The monoisotopic (exact) mass is 249 g/mol. The lowest BCUT2D eigenvalue weighted by Crippen LogP contribution is -2.08. The van der Waals surface area contributed by atoms with Crippen molar-refractivity contribution in [3.05, 3.63) is 77.5 Å². The zero-order valence-electron chi connectivity index (χ0n) is 10.6. The van der Waals surface area contributed by atoms with Crippen molar-refractivity contribution >= 4 is 11.8 Å². The van der Waals surface area contributed by atoms with Crippen molar-refractivity contribution in [1.82, 2.24) is 0 Å². The third-order valence-corrected chi connectivity index (χ3v) is 3.12. The van der Waals surface area contributed by atoms with E-state index >= 15 is 0 Å². The number of benzene rings is 2. The van der Waals surface area contributed by atoms with E-state index in [1.165, 1.54) is 0 Å². The Kier molecular flexibility index (Phi) is 3.41. The van der Waals surface area contributed by atoms with Crippen LogP contribution in [0.15, 0.2) is 71.6 Å². The second-order valence-corrected chi connectivity index (χ2v) is 4.52. The molecule has 0 unspecified atom stereocenters. The van der Waals surface area contributed by atoms with Crippen LogP contribution in [0, 0.1) is 0 Å². The molecule has 2 aromatic carbocycles. The summed E-state index contributed by atoms with van der Waals surface area (Å²) in [7, 11) is 0. The SMILES string of the molecule is C(=C1/CCC(c2ccccc2)=NO1)/c1ccccc1. The van der Waals surface area contributed by atoms with E-state index < -0.39 is 0 Å². The lowest BCUT2D eigenvalue weighted by Gasteiger charge is -2.14. The van der Waals surface area contributed by atoms with Crippen LogP contribution in [0.3, 0.4) is 0 Å². The van der Waals surface area contributed by atoms with Crippen LogP contribution in [0.2, 0.25) is 0 Å². The van der Waals surface area contributed by atoms with Crippen molar-refractivity contribution in [3.63, 3.8) is 0 Å². The second kappa shape index (κ2) is 5.53. The first kappa shape index (κ1) is 11.7. The van der Waals surface area contributed by atoms with Gasteiger partial charge in [-0.05, 0) is 17.2 Å². The van der Waals surface area contributed by atoms with Gasteiger partial charge in [-0.15, -0.1) is 0 Å². The number of hydrogen-bond donors (Lipinski definition) is 0. The van der Waals surface area contributed by atoms with Crippen LogP contribution in [0.25, 0.3) is 6.08 Å². The number of hydrogen-bond acceptors (Lipinski definition) is 2. The molecule has 1 heterocycles. The maximum atomic E-state index is 5.50. The van der Waals surface area contributed by atoms with Crippen molar-refractivity contribution < 1.29 is 4.84 Å². The fraction of sp³-hybridized carbons (Fsp3) is 0.118. The maximum Gasteiger partial charge on any atom is 0.136 e. The number of nitrogens with zero attached hydrogens (tertiary/aromatic N) is 1. The van der Waals surface area contributed by atoms with Crippen molar-refractivity contribution in [2.24, 2.45) is 5.16 Å². The minimum Gasteiger partial charge on any atom is -0.361 e. The zero-order chi connectivity index (χ0) is 12.9. The predicted octanol–water partition coefficient (Wildman–Crippen LogP) is 4.24. The molecule has 0 spiro atoms. The summed E-state index contributed by atoms with van der Waals surface area (Å²) in [4.78, 5) is 5.50. The molecule has 0 fully saturated rings. The van der Waals surface area contributed by atoms with Crippen molar-refractivity contribution in [1.29, 1.82) is 0 Å². The van der Waals surface area contributed by atoms with Crippen LogP contribution in [0.1, 0.15) is 24.0 Å². The molecule has 0 N–H and O–H groups in total. The van der Waals surface area contributed by atoms with Gasteiger partial charge >= 0.3 is 0 Å². The van der Waals surface area contributed by atoms with Gasteiger partial charge in [0.1, 0.15) is 5.76 Å². The fourth-order valence-electron chi connectivity index (χ4n) is 2.11. The summed E-state index contributed by atoms with van der Waals surface area (Å²) in [6.45, 7) is 0. The van der Waals surface area contributed by atoms with Gasteiger partial charge in [0, 0.05) is 12.8 Å². The van der Waals surface area contributed by atoms with Gasteiger partial charge in [0.05, 0.1) is 5.71 Å². The van der Waals surface area contributed by atoms with E-state index in [0.717, 1.165) is 35.4 Å². The third kappa shape index (κ3) is 2.91. The Morgan fingerprint density at radius 2 is 1.53 bits per heavy atom. The van der Waals surface area contributed by atoms with Crippen molar-refractivity contribution in [3.8, 4) is 0 Å². The van der Waals surface area contributed by atoms with E-state index in [-0.39, 0.29) is 0 Å². The fourth-order valence-corrected chi connectivity index (χ4v) is 2.11. The quantitative estimate of drug-likeness (QED) is 0.780. The molecule has 0 saturated heterocycles. The molecule has 0 aromatic heterocycles. The molecule has 3 rings (SSSR count). The average molecular weight is 249 g/mol. The van der Waals surface area contributed by atoms with Gasteiger partial charge in [0.15, 0.2) is 0 Å². The van der Waals surface area contributed by atoms with Gasteiger partial charge in [-0.3, -0.25) is 0 Å². The van der Waals surface area contributed by atoms with Gasteiger partial charge < -0.3 is 4.84 Å². The summed E-state index contributed by atoms with van der Waals surface area (Å²) in [5.41, 5.74) is 3.31. The highest BCUT2D eigenvalue weighted by molar-refractivity contribution is 6.00. The van der Waals surface area contributed by atoms with Crippen LogP contribution in [0.5, 0.6) is 0 Å². The summed E-state index contributed by atoms with van der Waals surface area (Å²) >= 11 is 0. The van der Waals surface area contributed by atoms with Crippen molar-refractivity contribution in [2.45, 2.75) is 12.8 Å². The van der Waals surface area contributed by atoms with Crippen LogP contribution < -0.4 is 0 Å². The van der Waals surface area contributed by atoms with Gasteiger partial charge in [0.2, 0.25) is 0 Å². The molecule has 0 aliphatic carbocycles. The summed E-state index contributed by atoms with van der Waals surface area (Å²) < 4.78 is 0. The Balaban J connectivity index is 1.76. The minimum absolute atomic E-state index is 0.891. The molecule has 1 aliphatic rings. The highest BCUT2D eigenvalue weighted by Gasteiger charge is 2.12. The van der Waals surface area contributed by atoms with Gasteiger partial charge in [-0.2, -0.15) is 0 Å². The third-order valence-electron chi connectivity index (χ3n) is 3.12. The molecule has 0 amide bonds. The maximum absolute atomic E-state index is 5.50. The topological polar surface area (TPSA) is 21.6 Å². The van der Waals surface area contributed by atoms with Crippen LogP contribution in [0.4, 0.5) is 0 Å². The van der Waals surface area contributed by atoms with Gasteiger partial charge in [0.25, 0.3) is 0 Å². The molecule has 2 nitrogen and oxygen atoms in total. The molecule has 0 atom stereocenters. The van der Waals surface area contributed by atoms with Gasteiger partial charge in [-0.25, -0.2) is 0 Å². The predicted molar refractivity (Wildman–Crippen MR) is 77.7 cm³/mol. The standard InChI is InChI=1S/C17H15NO/c1-3-7-14(8-4-1)13-16-11-12-17(18-19-16)15-9-5-2-6-10-15/h1-10,13H,11-12H2/b16-13+. The van der Waals surface area contributed by atoms with Crippen molar-refractivity contribution in [2.75, 3.05) is 0 Å². The smallest absolute Gasteiger partial charge is 0.136 e. The molecule has 94 valence electrons. The van der Waals surface area contributed by atoms with Gasteiger partial charge in [-0.1, -0.05) is 65.8 Å². The Morgan fingerprint density at radius 3 is 2.16 bits per heavy atom. The molecular weight excluding hydrogens is 234 g/mol. The van der Waals surface area contributed by atoms with E-state index in [9.17, 15) is 0 Å². The largest absolute Gasteiger partial charge is 0.361 e. The Bertz CT molecular complexity index is 600. The normalized spacial score (nSPS) is 16.8. The lowest BCUT2D eigenvalue weighted by atomic mass is 10.0. The highest BCUT2D eigenvalue weighted by Crippen LogP contribution is 2.21. The Hall–Kier alpha value is -2.35. The van der Waals surface area contributed by atoms with E-state index in [4.69, 9.17) is 4.84 Å². The Morgan fingerprint density at radius 1 is 0.842 bits per heavy atom. The molecule has 0 bridgehead atoms. The van der Waals surface area contributed by atoms with E-state index in [0.29, 0.717) is 0 Å². The van der Waals surface area contributed by atoms with E-state index in [1.807, 2.05) is 42.5 Å². The molecule has 2 heteroatoms. The first-order chi connectivity index (χ1) is 9.42. The number of oxime groups is 1. The minimum atomic E-state index is 0.891. The first-order valence-electron chi connectivity index (χ1n) is 6.47. The summed E-state index contributed by atoms with van der Waals surface area (Å²) in [5.74, 6) is 0.922. The number of rotatable bonds is 2. The molecule has 19 heavy (non-hydrogen) atoms. The van der Waals surface area contributed by atoms with E-state index in [1.54, 1.807) is 0 Å². The molecule has 2 aromatic rings. The number of allylic oxidation sites excluding steroid dienone is 1. The summed E-state index contributed by atoms with van der Waals surface area (Å²) in [6.07, 6.45) is 3.86. The van der Waals surface area contributed by atoms with Crippen LogP contribution >= 0.6 is 0 Å². The molecular formula is C17H15NO. The second-order valence-electron chi connectivity index (χ2n) is 4.52. The zero-order valence-corrected chi connectivity index (χ0v) is 10.6. The average Bonchev–Trinajstić information content (AvgIpc) is 2.50. The van der Waals surface area contributed by atoms with Crippen LogP contribution in [-0.4, -0.2) is 5.71 Å². The van der Waals surface area contributed by atoms with E-state index in [2.05, 4.69) is 29.4 Å². The summed E-state index contributed by atoms with van der Waals surface area (Å²) in [5, 5.41) is 4.23. The highest BCUT2D eigenvalue weighted by atomic mass is 16.6.